The molecule has 17 heavy (non-hydrogen) atoms. The molecule has 0 saturated carbocycles. The van der Waals surface area contributed by atoms with Crippen molar-refractivity contribution >= 4 is 0 Å². The fourth-order valence-electron chi connectivity index (χ4n) is 2.57. The lowest BCUT2D eigenvalue weighted by Crippen LogP contribution is -2.34. The first kappa shape index (κ1) is 12.6. The van der Waals surface area contributed by atoms with Gasteiger partial charge in [0.2, 0.25) is 0 Å². The van der Waals surface area contributed by atoms with E-state index < -0.39 is 0 Å². The zero-order valence-electron chi connectivity index (χ0n) is 10.5. The maximum Gasteiger partial charge on any atom is 0.0469 e. The summed E-state index contributed by atoms with van der Waals surface area (Å²) in [4.78, 5) is 0. The molecule has 2 nitrogen and oxygen atoms in total. The van der Waals surface area contributed by atoms with E-state index >= 15 is 0 Å². The molecule has 1 atom stereocenters. The Hall–Kier alpha value is -0.860. The van der Waals surface area contributed by atoms with Crippen molar-refractivity contribution in [2.75, 3.05) is 13.2 Å². The normalized spacial score (nSPS) is 19.1. The molecular formula is C15H23NO. The molecule has 1 saturated heterocycles. The molecule has 2 N–H and O–H groups in total. The average Bonchev–Trinajstić information content (AvgIpc) is 2.41. The van der Waals surface area contributed by atoms with Crippen LogP contribution in [0.5, 0.6) is 0 Å². The minimum atomic E-state index is 0.364. The topological polar surface area (TPSA) is 35.2 Å². The van der Waals surface area contributed by atoms with Crippen LogP contribution in [-0.2, 0) is 11.2 Å². The van der Waals surface area contributed by atoms with E-state index in [2.05, 4.69) is 30.3 Å². The Balaban J connectivity index is 1.67. The third kappa shape index (κ3) is 4.14. The zero-order valence-corrected chi connectivity index (χ0v) is 10.5. The Morgan fingerprint density at radius 3 is 2.59 bits per heavy atom. The van der Waals surface area contributed by atoms with E-state index in [4.69, 9.17) is 10.5 Å². The van der Waals surface area contributed by atoms with E-state index in [1.165, 1.54) is 12.0 Å². The van der Waals surface area contributed by atoms with Crippen LogP contribution in [0, 0.1) is 5.92 Å². The molecule has 1 fully saturated rings. The van der Waals surface area contributed by atoms with Gasteiger partial charge in [-0.2, -0.15) is 0 Å². The Morgan fingerprint density at radius 2 is 1.88 bits per heavy atom. The average molecular weight is 233 g/mol. The molecule has 0 aliphatic carbocycles. The Morgan fingerprint density at radius 1 is 1.18 bits per heavy atom. The van der Waals surface area contributed by atoms with Crippen LogP contribution in [-0.4, -0.2) is 19.3 Å². The number of hydrogen-bond acceptors (Lipinski definition) is 2. The second-order valence-corrected chi connectivity index (χ2v) is 4.99. The summed E-state index contributed by atoms with van der Waals surface area (Å²) in [5.41, 5.74) is 7.68. The van der Waals surface area contributed by atoms with Crippen molar-refractivity contribution in [3.05, 3.63) is 35.9 Å². The predicted octanol–water partition coefficient (Wildman–Crippen LogP) is 2.76. The third-order valence-electron chi connectivity index (χ3n) is 3.72. The van der Waals surface area contributed by atoms with Gasteiger partial charge in [0.15, 0.2) is 0 Å². The van der Waals surface area contributed by atoms with Crippen molar-refractivity contribution in [2.24, 2.45) is 11.7 Å². The number of aryl methyl sites for hydroxylation is 1. The first-order chi connectivity index (χ1) is 8.36. The standard InChI is InChI=1S/C15H23NO/c16-15(14-9-11-17-12-10-14)8-4-7-13-5-2-1-3-6-13/h1-3,5-6,14-15H,4,7-12,16H2. The molecular weight excluding hydrogens is 210 g/mol. The van der Waals surface area contributed by atoms with Gasteiger partial charge in [-0.15, -0.1) is 0 Å². The van der Waals surface area contributed by atoms with Gasteiger partial charge in [0, 0.05) is 19.3 Å². The first-order valence-electron chi connectivity index (χ1n) is 6.73. The highest BCUT2D eigenvalue weighted by Crippen LogP contribution is 2.20. The fourth-order valence-corrected chi connectivity index (χ4v) is 2.57. The first-order valence-corrected chi connectivity index (χ1v) is 6.73. The lowest BCUT2D eigenvalue weighted by atomic mass is 9.89. The number of ether oxygens (including phenoxy) is 1. The van der Waals surface area contributed by atoms with Gasteiger partial charge in [-0.1, -0.05) is 30.3 Å². The minimum Gasteiger partial charge on any atom is -0.381 e. The second kappa shape index (κ2) is 6.77. The van der Waals surface area contributed by atoms with E-state index in [0.717, 1.165) is 38.9 Å². The quantitative estimate of drug-likeness (QED) is 0.848. The molecule has 0 amide bonds. The van der Waals surface area contributed by atoms with Crippen LogP contribution in [0.25, 0.3) is 0 Å². The maximum atomic E-state index is 6.26. The van der Waals surface area contributed by atoms with Crippen LogP contribution in [0.2, 0.25) is 0 Å². The maximum absolute atomic E-state index is 6.26. The van der Waals surface area contributed by atoms with Gasteiger partial charge in [0.25, 0.3) is 0 Å². The monoisotopic (exact) mass is 233 g/mol. The van der Waals surface area contributed by atoms with Crippen LogP contribution < -0.4 is 5.73 Å². The highest BCUT2D eigenvalue weighted by atomic mass is 16.5. The minimum absolute atomic E-state index is 0.364. The summed E-state index contributed by atoms with van der Waals surface area (Å²) in [5.74, 6) is 0.680. The summed E-state index contributed by atoms with van der Waals surface area (Å²) in [6.07, 6.45) is 5.78. The van der Waals surface area contributed by atoms with Crippen molar-refractivity contribution in [3.63, 3.8) is 0 Å². The van der Waals surface area contributed by atoms with Gasteiger partial charge < -0.3 is 10.5 Å². The molecule has 1 aliphatic heterocycles. The van der Waals surface area contributed by atoms with Crippen LogP contribution in [0.3, 0.4) is 0 Å². The smallest absolute Gasteiger partial charge is 0.0469 e. The van der Waals surface area contributed by atoms with Gasteiger partial charge in [0.1, 0.15) is 0 Å². The van der Waals surface area contributed by atoms with Crippen molar-refractivity contribution in [1.29, 1.82) is 0 Å². The number of benzene rings is 1. The Bertz CT molecular complexity index is 306. The molecule has 2 rings (SSSR count). The van der Waals surface area contributed by atoms with Crippen molar-refractivity contribution in [2.45, 2.75) is 38.1 Å². The van der Waals surface area contributed by atoms with E-state index in [9.17, 15) is 0 Å². The van der Waals surface area contributed by atoms with Crippen LogP contribution in [0.4, 0.5) is 0 Å². The molecule has 0 radical (unpaired) electrons. The summed E-state index contributed by atoms with van der Waals surface area (Å²) in [6, 6.07) is 11.0. The van der Waals surface area contributed by atoms with Gasteiger partial charge in [-0.05, 0) is 43.6 Å². The fraction of sp³-hybridized carbons (Fsp3) is 0.600. The lowest BCUT2D eigenvalue weighted by Gasteiger charge is -2.27. The van der Waals surface area contributed by atoms with Gasteiger partial charge >= 0.3 is 0 Å². The molecule has 0 spiro atoms. The summed E-state index contributed by atoms with van der Waals surface area (Å²) >= 11 is 0. The molecule has 94 valence electrons. The largest absolute Gasteiger partial charge is 0.381 e. The van der Waals surface area contributed by atoms with E-state index in [-0.39, 0.29) is 0 Å². The summed E-state index contributed by atoms with van der Waals surface area (Å²) in [5, 5.41) is 0. The van der Waals surface area contributed by atoms with Crippen LogP contribution in [0.15, 0.2) is 30.3 Å². The van der Waals surface area contributed by atoms with Crippen molar-refractivity contribution < 1.29 is 4.74 Å². The predicted molar refractivity (Wildman–Crippen MR) is 70.9 cm³/mol. The van der Waals surface area contributed by atoms with E-state index in [1.807, 2.05) is 0 Å². The summed E-state index contributed by atoms with van der Waals surface area (Å²) in [6.45, 7) is 1.80. The Labute approximate surface area is 104 Å². The van der Waals surface area contributed by atoms with Crippen LogP contribution >= 0.6 is 0 Å². The lowest BCUT2D eigenvalue weighted by molar-refractivity contribution is 0.0573. The molecule has 1 aromatic carbocycles. The number of nitrogens with two attached hydrogens (primary N) is 1. The third-order valence-corrected chi connectivity index (χ3v) is 3.72. The van der Waals surface area contributed by atoms with E-state index in [0.29, 0.717) is 12.0 Å². The zero-order chi connectivity index (χ0) is 11.9. The van der Waals surface area contributed by atoms with Gasteiger partial charge in [-0.3, -0.25) is 0 Å². The van der Waals surface area contributed by atoms with Crippen molar-refractivity contribution in [1.82, 2.24) is 0 Å². The summed E-state index contributed by atoms with van der Waals surface area (Å²) in [7, 11) is 0. The second-order valence-electron chi connectivity index (χ2n) is 4.99. The molecule has 1 unspecified atom stereocenters. The summed E-state index contributed by atoms with van der Waals surface area (Å²) < 4.78 is 5.37. The molecule has 1 aromatic rings. The SMILES string of the molecule is NC(CCCc1ccccc1)C1CCOCC1. The van der Waals surface area contributed by atoms with Gasteiger partial charge in [0.05, 0.1) is 0 Å². The molecule has 0 bridgehead atoms. The molecule has 1 aliphatic rings. The van der Waals surface area contributed by atoms with Crippen LogP contribution in [0.1, 0.15) is 31.2 Å². The van der Waals surface area contributed by atoms with Crippen molar-refractivity contribution in [3.8, 4) is 0 Å². The number of rotatable bonds is 5. The number of hydrogen-bond donors (Lipinski definition) is 1. The molecule has 0 aromatic heterocycles. The Kier molecular flexibility index (Phi) is 5.02. The molecule has 2 heteroatoms. The van der Waals surface area contributed by atoms with E-state index in [1.54, 1.807) is 0 Å². The molecule has 1 heterocycles. The van der Waals surface area contributed by atoms with Gasteiger partial charge in [-0.25, -0.2) is 0 Å². The highest BCUT2D eigenvalue weighted by Gasteiger charge is 2.20. The highest BCUT2D eigenvalue weighted by molar-refractivity contribution is 5.14.